The van der Waals surface area contributed by atoms with E-state index in [0.29, 0.717) is 17.5 Å². The van der Waals surface area contributed by atoms with Crippen LogP contribution in [0.1, 0.15) is 45.2 Å². The summed E-state index contributed by atoms with van der Waals surface area (Å²) in [6.07, 6.45) is 0. The van der Waals surface area contributed by atoms with Crippen molar-refractivity contribution in [1.29, 1.82) is 0 Å². The molecule has 3 aliphatic rings. The third kappa shape index (κ3) is 8.72. The van der Waals surface area contributed by atoms with Gasteiger partial charge < -0.3 is 0 Å². The normalized spacial score (nSPS) is 13.9. The van der Waals surface area contributed by atoms with Crippen LogP contribution >= 0.6 is 0 Å². The quantitative estimate of drug-likeness (QED) is 0.0853. The zero-order chi connectivity index (χ0) is 58.4. The molecule has 0 amide bonds. The first-order chi connectivity index (χ1) is 43.7. The second-order valence-electron chi connectivity index (χ2n) is 23.2. The minimum atomic E-state index is -3.32. The van der Waals surface area contributed by atoms with Crippen LogP contribution in [0.3, 0.4) is 0 Å². The Morgan fingerprint density at radius 3 is 1.02 bits per heavy atom. The van der Waals surface area contributed by atoms with E-state index in [9.17, 15) is 0 Å². The van der Waals surface area contributed by atoms with Crippen LogP contribution in [0.25, 0.3) is 56.4 Å². The lowest BCUT2D eigenvalue weighted by Crippen LogP contribution is -2.75. The Hall–Kier alpha value is -10.7. The summed E-state index contributed by atoms with van der Waals surface area (Å²) < 4.78 is 0. The molecule has 0 radical (unpaired) electrons. The minimum absolute atomic E-state index is 0.0431. The third-order valence-electron chi connectivity index (χ3n) is 18.6. The van der Waals surface area contributed by atoms with Crippen LogP contribution in [0, 0.1) is 0 Å². The highest BCUT2D eigenvalue weighted by Crippen LogP contribution is 2.57. The molecule has 88 heavy (non-hydrogen) atoms. The molecular formula is C83H59N3Si2. The van der Waals surface area contributed by atoms with E-state index in [0.717, 1.165) is 16.7 Å². The monoisotopic (exact) mass is 1150 g/mol. The Morgan fingerprint density at radius 2 is 0.523 bits per heavy atom. The fraction of sp³-hybridized carbons (Fsp3) is 0.0241. The standard InChI is InChI=1S/C83H59N3Si2/c1-8-29-58(30-9-1)61-35-24-47-69(55-61)88(67-44-20-7-21-45-67,70-48-25-36-62(56-70)59-31-10-2-11-32-59)76-54-28-52-74-77-71-49-22-23-50-72(71)80(79(74)76)78-73(77)51-27-53-75(78)83-85-81(60-33-12-3-13-34-60)84-82(86-83)63-37-26-46-68(57-63)87(64-38-14-4-15-39-64,65-40-16-5-17-41-65)66-42-18-6-19-43-66/h1-57,77,80H. The number of hydrogen-bond donors (Lipinski definition) is 0. The fourth-order valence-corrected chi connectivity index (χ4v) is 24.8. The fourth-order valence-electron chi connectivity index (χ4n) is 14.9. The average Bonchev–Trinajstić information content (AvgIpc) is 0.761. The average molecular weight is 1150 g/mol. The number of hydrogen-bond acceptors (Lipinski definition) is 3. The number of nitrogens with zero attached hydrogens (tertiary/aromatic N) is 3. The van der Waals surface area contributed by atoms with Gasteiger partial charge in [-0.2, -0.15) is 0 Å². The van der Waals surface area contributed by atoms with Crippen molar-refractivity contribution in [2.24, 2.45) is 0 Å². The zero-order valence-electron chi connectivity index (χ0n) is 48.4. The SMILES string of the molecule is c1ccc(-c2cccc([Si](c3ccccc3)(c3cccc(-c4ccccc4)c3)c3cccc4c3C3c5ccccc5C4c4cccc(-c5nc(-c6ccccc6)nc(-c6cccc([Si](c7ccccc7)(c7ccccc7)c7ccccc7)c6)n5)c43)c2)cc1. The van der Waals surface area contributed by atoms with Crippen molar-refractivity contribution < 1.29 is 0 Å². The van der Waals surface area contributed by atoms with Crippen molar-refractivity contribution in [2.75, 3.05) is 0 Å². The van der Waals surface area contributed by atoms with Gasteiger partial charge in [0, 0.05) is 28.5 Å². The van der Waals surface area contributed by atoms with Crippen molar-refractivity contribution in [3.05, 3.63) is 379 Å². The molecule has 0 aliphatic heterocycles. The third-order valence-corrected chi connectivity index (χ3v) is 28.2. The Morgan fingerprint density at radius 1 is 0.205 bits per heavy atom. The van der Waals surface area contributed by atoms with Gasteiger partial charge in [-0.05, 0) is 97.1 Å². The van der Waals surface area contributed by atoms with Crippen LogP contribution in [-0.2, 0) is 0 Å². The molecule has 13 aromatic carbocycles. The van der Waals surface area contributed by atoms with E-state index in [1.807, 2.05) is 0 Å². The summed E-state index contributed by atoms with van der Waals surface area (Å²) in [5.41, 5.74) is 15.7. The van der Waals surface area contributed by atoms with Gasteiger partial charge in [0.15, 0.2) is 33.6 Å². The Bertz CT molecular complexity index is 4670. The summed E-state index contributed by atoms with van der Waals surface area (Å²) in [5, 5.41) is 10.6. The largest absolute Gasteiger partial charge is 0.208 e. The summed E-state index contributed by atoms with van der Waals surface area (Å²) in [6, 6.07) is 129. The highest BCUT2D eigenvalue weighted by atomic mass is 28.3. The van der Waals surface area contributed by atoms with Crippen LogP contribution in [-0.4, -0.2) is 31.1 Å². The molecule has 17 rings (SSSR count). The van der Waals surface area contributed by atoms with E-state index < -0.39 is 16.1 Å². The molecule has 2 unspecified atom stereocenters. The number of aromatic nitrogens is 3. The maximum Gasteiger partial charge on any atom is 0.179 e. The van der Waals surface area contributed by atoms with Crippen LogP contribution in [0.5, 0.6) is 0 Å². The Balaban J connectivity index is 0.949. The summed E-state index contributed by atoms with van der Waals surface area (Å²) >= 11 is 0. The molecule has 0 spiro atoms. The van der Waals surface area contributed by atoms with Crippen LogP contribution in [0.2, 0.25) is 0 Å². The van der Waals surface area contributed by atoms with Crippen molar-refractivity contribution >= 4 is 57.6 Å². The van der Waals surface area contributed by atoms with Crippen molar-refractivity contribution in [3.63, 3.8) is 0 Å². The van der Waals surface area contributed by atoms with Crippen LogP contribution in [0.15, 0.2) is 346 Å². The van der Waals surface area contributed by atoms with Gasteiger partial charge in [0.25, 0.3) is 0 Å². The van der Waals surface area contributed by atoms with Crippen molar-refractivity contribution in [3.8, 4) is 56.4 Å². The van der Waals surface area contributed by atoms with E-state index in [1.54, 1.807) is 0 Å². The van der Waals surface area contributed by atoms with Gasteiger partial charge in [-0.25, -0.2) is 15.0 Å². The molecule has 3 nitrogen and oxygen atoms in total. The second kappa shape index (κ2) is 22.3. The van der Waals surface area contributed by atoms with Crippen molar-refractivity contribution in [2.45, 2.75) is 11.8 Å². The lowest BCUT2D eigenvalue weighted by molar-refractivity contribution is 0.758. The van der Waals surface area contributed by atoms with Gasteiger partial charge in [-0.15, -0.1) is 0 Å². The van der Waals surface area contributed by atoms with E-state index in [2.05, 4.69) is 346 Å². The van der Waals surface area contributed by atoms with Gasteiger partial charge in [0.05, 0.1) is 0 Å². The topological polar surface area (TPSA) is 38.7 Å². The highest BCUT2D eigenvalue weighted by molar-refractivity contribution is 7.20. The van der Waals surface area contributed by atoms with E-state index in [1.165, 1.54) is 97.1 Å². The van der Waals surface area contributed by atoms with Crippen LogP contribution in [0.4, 0.5) is 0 Å². The summed E-state index contributed by atoms with van der Waals surface area (Å²) in [5.74, 6) is 1.72. The molecule has 3 aliphatic carbocycles. The molecule has 1 aromatic heterocycles. The zero-order valence-corrected chi connectivity index (χ0v) is 50.4. The highest BCUT2D eigenvalue weighted by Gasteiger charge is 2.50. The lowest BCUT2D eigenvalue weighted by atomic mass is 9.60. The summed E-state index contributed by atoms with van der Waals surface area (Å²) in [4.78, 5) is 16.8. The summed E-state index contributed by atoms with van der Waals surface area (Å²) in [6.45, 7) is 0. The Labute approximate surface area is 516 Å². The first-order valence-electron chi connectivity index (χ1n) is 30.5. The molecule has 0 saturated heterocycles. The molecule has 414 valence electrons. The molecule has 14 aromatic rings. The van der Waals surface area contributed by atoms with E-state index in [-0.39, 0.29) is 11.8 Å². The Kier molecular flexibility index (Phi) is 13.4. The predicted molar refractivity (Wildman–Crippen MR) is 369 cm³/mol. The first kappa shape index (κ1) is 52.8. The van der Waals surface area contributed by atoms with Gasteiger partial charge in [-0.1, -0.05) is 346 Å². The van der Waals surface area contributed by atoms with Crippen LogP contribution < -0.4 is 41.5 Å². The van der Waals surface area contributed by atoms with Crippen molar-refractivity contribution in [1.82, 2.24) is 15.0 Å². The van der Waals surface area contributed by atoms with E-state index >= 15 is 0 Å². The molecule has 2 atom stereocenters. The van der Waals surface area contributed by atoms with Gasteiger partial charge in [0.1, 0.15) is 0 Å². The smallest absolute Gasteiger partial charge is 0.179 e. The maximum atomic E-state index is 5.74. The maximum absolute atomic E-state index is 5.74. The van der Waals surface area contributed by atoms with Gasteiger partial charge in [-0.3, -0.25) is 0 Å². The van der Waals surface area contributed by atoms with E-state index in [4.69, 9.17) is 15.0 Å². The lowest BCUT2D eigenvalue weighted by Gasteiger charge is -2.46. The number of rotatable bonds is 13. The molecular weight excluding hydrogens is 1100 g/mol. The minimum Gasteiger partial charge on any atom is -0.208 e. The predicted octanol–water partition coefficient (Wildman–Crippen LogP) is 13.9. The van der Waals surface area contributed by atoms with Gasteiger partial charge in [0.2, 0.25) is 0 Å². The summed E-state index contributed by atoms with van der Waals surface area (Å²) in [7, 11) is -6.24. The second-order valence-corrected chi connectivity index (χ2v) is 30.8. The molecule has 0 saturated carbocycles. The molecule has 0 fully saturated rings. The molecule has 0 N–H and O–H groups in total. The molecule has 5 heteroatoms. The first-order valence-corrected chi connectivity index (χ1v) is 34.5. The number of benzene rings is 13. The van der Waals surface area contributed by atoms with Gasteiger partial charge >= 0.3 is 0 Å². The molecule has 2 bridgehead atoms. The molecule has 1 heterocycles.